The maximum atomic E-state index is 13.9. The minimum atomic E-state index is -0.284. The van der Waals surface area contributed by atoms with E-state index in [2.05, 4.69) is 20.1 Å². The van der Waals surface area contributed by atoms with Crippen molar-refractivity contribution in [2.75, 3.05) is 18.0 Å². The Morgan fingerprint density at radius 2 is 2.10 bits per heavy atom. The molecular weight excluding hydrogens is 257 g/mol. The lowest BCUT2D eigenvalue weighted by Gasteiger charge is -2.28. The molecule has 2 aromatic rings. The number of nitrogens with zero attached hydrogens (tertiary/aromatic N) is 3. The van der Waals surface area contributed by atoms with E-state index in [0.717, 1.165) is 31.5 Å². The maximum Gasteiger partial charge on any atom is 0.245 e. The Hall–Kier alpha value is -1.95. The van der Waals surface area contributed by atoms with Gasteiger partial charge < -0.3 is 10.6 Å². The summed E-state index contributed by atoms with van der Waals surface area (Å²) >= 11 is 0. The summed E-state index contributed by atoms with van der Waals surface area (Å²) in [5, 5.41) is 7.00. The molecule has 0 unspecified atom stereocenters. The lowest BCUT2D eigenvalue weighted by atomic mass is 10.1. The molecule has 0 atom stereocenters. The van der Waals surface area contributed by atoms with Crippen LogP contribution in [0.3, 0.4) is 0 Å². The normalized spacial score (nSPS) is 16.6. The van der Waals surface area contributed by atoms with E-state index in [1.165, 1.54) is 6.07 Å². The van der Waals surface area contributed by atoms with Crippen LogP contribution in [0.15, 0.2) is 18.2 Å². The van der Waals surface area contributed by atoms with E-state index in [-0.39, 0.29) is 11.9 Å². The number of hydrogen-bond donors (Lipinski definition) is 2. The Morgan fingerprint density at radius 3 is 2.80 bits per heavy atom. The van der Waals surface area contributed by atoms with Crippen LogP contribution in [0, 0.1) is 12.7 Å². The number of piperidine rings is 1. The number of hydrogen-bond acceptors (Lipinski definition) is 4. The van der Waals surface area contributed by atoms with Crippen LogP contribution >= 0.6 is 0 Å². The minimum Gasteiger partial charge on any atom is -0.339 e. The van der Waals surface area contributed by atoms with Gasteiger partial charge in [-0.05, 0) is 37.5 Å². The van der Waals surface area contributed by atoms with Crippen molar-refractivity contribution in [2.24, 2.45) is 5.73 Å². The summed E-state index contributed by atoms with van der Waals surface area (Å²) in [6, 6.07) is 5.35. The number of halogens is 1. The van der Waals surface area contributed by atoms with Gasteiger partial charge in [0.25, 0.3) is 0 Å². The highest BCUT2D eigenvalue weighted by Crippen LogP contribution is 2.23. The Morgan fingerprint density at radius 1 is 1.35 bits per heavy atom. The Labute approximate surface area is 117 Å². The van der Waals surface area contributed by atoms with Crippen LogP contribution in [-0.2, 0) is 0 Å². The van der Waals surface area contributed by atoms with Gasteiger partial charge in [0.1, 0.15) is 5.82 Å². The van der Waals surface area contributed by atoms with Crippen molar-refractivity contribution in [2.45, 2.75) is 25.8 Å². The molecule has 1 aliphatic heterocycles. The van der Waals surface area contributed by atoms with Gasteiger partial charge in [0.2, 0.25) is 5.95 Å². The molecule has 1 fully saturated rings. The van der Waals surface area contributed by atoms with Gasteiger partial charge in [-0.15, -0.1) is 5.10 Å². The van der Waals surface area contributed by atoms with Crippen LogP contribution in [-0.4, -0.2) is 34.3 Å². The van der Waals surface area contributed by atoms with E-state index in [0.29, 0.717) is 17.3 Å². The van der Waals surface area contributed by atoms with Gasteiger partial charge in [-0.25, -0.2) is 4.39 Å². The number of nitrogens with two attached hydrogens (primary N) is 1. The molecule has 3 N–H and O–H groups in total. The first kappa shape index (κ1) is 13.1. The Kier molecular flexibility index (Phi) is 3.40. The number of rotatable bonds is 2. The summed E-state index contributed by atoms with van der Waals surface area (Å²) in [5.74, 6) is 0.799. The van der Waals surface area contributed by atoms with Gasteiger partial charge in [0.15, 0.2) is 5.82 Å². The molecule has 2 heterocycles. The standard InChI is InChI=1S/C14H18FN5/c1-9-2-3-11(12(15)8-9)13-17-14(19-18-13)20-6-4-10(16)5-7-20/h2-3,8,10H,4-7,16H2,1H3,(H,17,18,19). The predicted octanol–water partition coefficient (Wildman–Crippen LogP) is 1.85. The maximum absolute atomic E-state index is 13.9. The molecule has 0 saturated carbocycles. The van der Waals surface area contributed by atoms with Gasteiger partial charge in [0.05, 0.1) is 5.56 Å². The average molecular weight is 275 g/mol. The van der Waals surface area contributed by atoms with E-state index in [9.17, 15) is 4.39 Å². The quantitative estimate of drug-likeness (QED) is 0.877. The zero-order chi connectivity index (χ0) is 14.1. The monoisotopic (exact) mass is 275 g/mol. The summed E-state index contributed by atoms with van der Waals surface area (Å²) < 4.78 is 13.9. The minimum absolute atomic E-state index is 0.263. The summed E-state index contributed by atoms with van der Waals surface area (Å²) in [6.07, 6.45) is 1.87. The van der Waals surface area contributed by atoms with Crippen molar-refractivity contribution in [3.63, 3.8) is 0 Å². The number of aryl methyl sites for hydroxylation is 1. The van der Waals surface area contributed by atoms with Crippen molar-refractivity contribution in [3.05, 3.63) is 29.6 Å². The molecule has 0 bridgehead atoms. The molecule has 0 radical (unpaired) electrons. The highest BCUT2D eigenvalue weighted by Gasteiger charge is 2.20. The molecule has 0 aliphatic carbocycles. The first-order valence-corrected chi connectivity index (χ1v) is 6.83. The number of anilines is 1. The van der Waals surface area contributed by atoms with Gasteiger partial charge in [-0.3, -0.25) is 5.10 Å². The molecule has 5 nitrogen and oxygen atoms in total. The SMILES string of the molecule is Cc1ccc(-c2nc(N3CCC(N)CC3)n[nH]2)c(F)c1. The van der Waals surface area contributed by atoms with Crippen molar-refractivity contribution < 1.29 is 4.39 Å². The van der Waals surface area contributed by atoms with Crippen LogP contribution in [0.2, 0.25) is 0 Å². The average Bonchev–Trinajstić information content (AvgIpc) is 2.89. The third-order valence-electron chi connectivity index (χ3n) is 3.68. The first-order valence-electron chi connectivity index (χ1n) is 6.83. The fourth-order valence-electron chi connectivity index (χ4n) is 2.43. The van der Waals surface area contributed by atoms with Crippen molar-refractivity contribution >= 4 is 5.95 Å². The van der Waals surface area contributed by atoms with Gasteiger partial charge >= 0.3 is 0 Å². The third-order valence-corrected chi connectivity index (χ3v) is 3.68. The second-order valence-electron chi connectivity index (χ2n) is 5.29. The smallest absolute Gasteiger partial charge is 0.245 e. The topological polar surface area (TPSA) is 70.8 Å². The zero-order valence-corrected chi connectivity index (χ0v) is 11.4. The third kappa shape index (κ3) is 2.51. The van der Waals surface area contributed by atoms with Crippen molar-refractivity contribution in [1.29, 1.82) is 0 Å². The molecule has 0 amide bonds. The molecule has 20 heavy (non-hydrogen) atoms. The molecule has 1 aromatic heterocycles. The number of aromatic nitrogens is 3. The first-order chi connectivity index (χ1) is 9.63. The van der Waals surface area contributed by atoms with E-state index in [1.54, 1.807) is 6.07 Å². The lowest BCUT2D eigenvalue weighted by Crippen LogP contribution is -2.40. The lowest BCUT2D eigenvalue weighted by molar-refractivity contribution is 0.496. The van der Waals surface area contributed by atoms with E-state index in [1.807, 2.05) is 13.0 Å². The second kappa shape index (κ2) is 5.20. The predicted molar refractivity (Wildman–Crippen MR) is 75.9 cm³/mol. The highest BCUT2D eigenvalue weighted by molar-refractivity contribution is 5.57. The fourth-order valence-corrected chi connectivity index (χ4v) is 2.43. The van der Waals surface area contributed by atoms with Crippen molar-refractivity contribution in [3.8, 4) is 11.4 Å². The van der Waals surface area contributed by atoms with Crippen LogP contribution in [0.5, 0.6) is 0 Å². The summed E-state index contributed by atoms with van der Waals surface area (Å²) in [4.78, 5) is 6.48. The van der Waals surface area contributed by atoms with Gasteiger partial charge in [-0.1, -0.05) is 6.07 Å². The molecule has 106 valence electrons. The Balaban J connectivity index is 1.83. The number of aromatic amines is 1. The summed E-state index contributed by atoms with van der Waals surface area (Å²) in [6.45, 7) is 3.54. The molecule has 3 rings (SSSR count). The van der Waals surface area contributed by atoms with E-state index < -0.39 is 0 Å². The molecule has 6 heteroatoms. The van der Waals surface area contributed by atoms with E-state index >= 15 is 0 Å². The molecule has 0 spiro atoms. The second-order valence-corrected chi connectivity index (χ2v) is 5.29. The van der Waals surface area contributed by atoms with Gasteiger partial charge in [-0.2, -0.15) is 4.98 Å². The molecule has 1 saturated heterocycles. The van der Waals surface area contributed by atoms with Crippen LogP contribution in [0.4, 0.5) is 10.3 Å². The number of H-pyrrole nitrogens is 1. The van der Waals surface area contributed by atoms with Crippen LogP contribution in [0.25, 0.3) is 11.4 Å². The van der Waals surface area contributed by atoms with E-state index in [4.69, 9.17) is 5.73 Å². The molecule has 1 aliphatic rings. The Bertz CT molecular complexity index is 601. The summed E-state index contributed by atoms with van der Waals surface area (Å²) in [7, 11) is 0. The zero-order valence-electron chi connectivity index (χ0n) is 11.4. The number of benzene rings is 1. The highest BCUT2D eigenvalue weighted by atomic mass is 19.1. The van der Waals surface area contributed by atoms with Gasteiger partial charge in [0, 0.05) is 19.1 Å². The molecular formula is C14H18FN5. The van der Waals surface area contributed by atoms with Crippen LogP contribution in [0.1, 0.15) is 18.4 Å². The number of nitrogens with one attached hydrogen (secondary N) is 1. The van der Waals surface area contributed by atoms with Crippen LogP contribution < -0.4 is 10.6 Å². The summed E-state index contributed by atoms with van der Waals surface area (Å²) in [5.41, 5.74) is 7.21. The van der Waals surface area contributed by atoms with Crippen molar-refractivity contribution in [1.82, 2.24) is 15.2 Å². The fraction of sp³-hybridized carbons (Fsp3) is 0.429. The molecule has 1 aromatic carbocycles. The largest absolute Gasteiger partial charge is 0.339 e.